The van der Waals surface area contributed by atoms with E-state index in [1.165, 1.54) is 51.4 Å². The van der Waals surface area contributed by atoms with Crippen LogP contribution in [0.5, 0.6) is 0 Å². The molecule has 0 radical (unpaired) electrons. The summed E-state index contributed by atoms with van der Waals surface area (Å²) in [5.74, 6) is 0. The van der Waals surface area contributed by atoms with Crippen LogP contribution in [0, 0.1) is 5.41 Å². The van der Waals surface area contributed by atoms with Crippen molar-refractivity contribution in [3.8, 4) is 0 Å². The van der Waals surface area contributed by atoms with Gasteiger partial charge in [0.1, 0.15) is 7.85 Å². The molecule has 96 valence electrons. The van der Waals surface area contributed by atoms with Gasteiger partial charge in [0.15, 0.2) is 0 Å². The standard InChI is InChI=1S/C15H33B/c1-6-10-11-12-13-14(5,7-2)15(16,8-3)9-4/h6-13,16H2,1-5H3. The van der Waals surface area contributed by atoms with Gasteiger partial charge < -0.3 is 0 Å². The highest BCUT2D eigenvalue weighted by Gasteiger charge is 2.39. The van der Waals surface area contributed by atoms with E-state index in [9.17, 15) is 0 Å². The molecule has 0 saturated carbocycles. The molecule has 0 bridgehead atoms. The van der Waals surface area contributed by atoms with Gasteiger partial charge in [-0.25, -0.2) is 0 Å². The van der Waals surface area contributed by atoms with Crippen molar-refractivity contribution in [2.45, 2.75) is 91.3 Å². The molecule has 0 rings (SSSR count). The third kappa shape index (κ3) is 3.82. The molecule has 0 aliphatic heterocycles. The summed E-state index contributed by atoms with van der Waals surface area (Å²) in [6.45, 7) is 11.9. The number of rotatable bonds is 9. The Morgan fingerprint density at radius 1 is 0.812 bits per heavy atom. The molecule has 0 aromatic heterocycles. The lowest BCUT2D eigenvalue weighted by molar-refractivity contribution is 0.162. The molecule has 0 amide bonds. The van der Waals surface area contributed by atoms with E-state index in [0.717, 1.165) is 0 Å². The summed E-state index contributed by atoms with van der Waals surface area (Å²) < 4.78 is 0. The summed E-state index contributed by atoms with van der Waals surface area (Å²) in [6, 6.07) is 0. The van der Waals surface area contributed by atoms with E-state index in [-0.39, 0.29) is 0 Å². The van der Waals surface area contributed by atoms with E-state index in [1.807, 2.05) is 0 Å². The summed E-state index contributed by atoms with van der Waals surface area (Å²) >= 11 is 0. The second kappa shape index (κ2) is 7.40. The predicted octanol–water partition coefficient (Wildman–Crippen LogP) is 4.98. The molecule has 0 aliphatic carbocycles. The van der Waals surface area contributed by atoms with Gasteiger partial charge in [0.05, 0.1) is 0 Å². The zero-order valence-electron chi connectivity index (χ0n) is 12.7. The van der Waals surface area contributed by atoms with E-state index in [1.54, 1.807) is 0 Å². The quantitative estimate of drug-likeness (QED) is 0.382. The lowest BCUT2D eigenvalue weighted by Gasteiger charge is -2.46. The average Bonchev–Trinajstić information content (AvgIpc) is 2.33. The molecule has 0 aromatic rings. The van der Waals surface area contributed by atoms with Crippen LogP contribution < -0.4 is 0 Å². The minimum atomic E-state index is 0.536. The van der Waals surface area contributed by atoms with Crippen LogP contribution in [0.2, 0.25) is 5.31 Å². The Kier molecular flexibility index (Phi) is 7.43. The molecular formula is C15H33B. The summed E-state index contributed by atoms with van der Waals surface area (Å²) in [5.41, 5.74) is 0.546. The molecule has 16 heavy (non-hydrogen) atoms. The van der Waals surface area contributed by atoms with Gasteiger partial charge in [0, 0.05) is 0 Å². The van der Waals surface area contributed by atoms with Gasteiger partial charge in [0.2, 0.25) is 0 Å². The average molecular weight is 224 g/mol. The SMILES string of the molecule is BC(CC)(CC)C(C)(CC)CCCCCC. The first-order valence-electron chi connectivity index (χ1n) is 7.49. The fraction of sp³-hybridized carbons (Fsp3) is 1.00. The maximum atomic E-state index is 2.52. The van der Waals surface area contributed by atoms with Crippen molar-refractivity contribution >= 4 is 7.85 Å². The van der Waals surface area contributed by atoms with Crippen LogP contribution >= 0.6 is 0 Å². The van der Waals surface area contributed by atoms with Gasteiger partial charge in [-0.05, 0) is 11.8 Å². The van der Waals surface area contributed by atoms with E-state index in [0.29, 0.717) is 10.7 Å². The minimum absolute atomic E-state index is 0.536. The number of hydrogen-bond donors (Lipinski definition) is 0. The smallest absolute Gasteiger partial charge is 0.0655 e. The molecule has 1 atom stereocenters. The Morgan fingerprint density at radius 2 is 1.38 bits per heavy atom. The lowest BCUT2D eigenvalue weighted by Crippen LogP contribution is -2.33. The molecule has 0 spiro atoms. The van der Waals surface area contributed by atoms with Gasteiger partial charge in [-0.15, -0.1) is 0 Å². The highest BCUT2D eigenvalue weighted by molar-refractivity contribution is 6.15. The molecule has 0 N–H and O–H groups in total. The third-order valence-corrected chi connectivity index (χ3v) is 5.38. The Balaban J connectivity index is 4.39. The number of unbranched alkanes of at least 4 members (excludes halogenated alkanes) is 3. The molecule has 0 saturated heterocycles. The fourth-order valence-corrected chi connectivity index (χ4v) is 2.95. The van der Waals surface area contributed by atoms with Crippen molar-refractivity contribution in [3.63, 3.8) is 0 Å². The normalized spacial score (nSPS) is 16.1. The maximum Gasteiger partial charge on any atom is 0.110 e. The van der Waals surface area contributed by atoms with Gasteiger partial charge >= 0.3 is 0 Å². The number of hydrogen-bond acceptors (Lipinski definition) is 0. The van der Waals surface area contributed by atoms with E-state index in [4.69, 9.17) is 0 Å². The van der Waals surface area contributed by atoms with Crippen molar-refractivity contribution in [1.29, 1.82) is 0 Å². The predicted molar refractivity (Wildman–Crippen MR) is 79.0 cm³/mol. The summed E-state index contributed by atoms with van der Waals surface area (Å²) in [4.78, 5) is 0. The Bertz CT molecular complexity index is 172. The Hall–Kier alpha value is 0.0649. The highest BCUT2D eigenvalue weighted by atomic mass is 14.4. The van der Waals surface area contributed by atoms with E-state index >= 15 is 0 Å². The lowest BCUT2D eigenvalue weighted by atomic mass is 9.48. The fourth-order valence-electron chi connectivity index (χ4n) is 2.95. The molecule has 1 heteroatoms. The van der Waals surface area contributed by atoms with Crippen LogP contribution in [-0.4, -0.2) is 7.85 Å². The molecular weight excluding hydrogens is 191 g/mol. The maximum absolute atomic E-state index is 2.52. The molecule has 0 nitrogen and oxygen atoms in total. The summed E-state index contributed by atoms with van der Waals surface area (Å²) in [5, 5.41) is 0.536. The zero-order valence-corrected chi connectivity index (χ0v) is 12.7. The van der Waals surface area contributed by atoms with Crippen molar-refractivity contribution < 1.29 is 0 Å². The monoisotopic (exact) mass is 224 g/mol. The first kappa shape index (κ1) is 16.1. The van der Waals surface area contributed by atoms with Crippen molar-refractivity contribution in [3.05, 3.63) is 0 Å². The minimum Gasteiger partial charge on any atom is -0.0655 e. The van der Waals surface area contributed by atoms with Crippen LogP contribution in [0.25, 0.3) is 0 Å². The van der Waals surface area contributed by atoms with Crippen molar-refractivity contribution in [1.82, 2.24) is 0 Å². The second-order valence-electron chi connectivity index (χ2n) is 5.99. The third-order valence-electron chi connectivity index (χ3n) is 5.38. The van der Waals surface area contributed by atoms with E-state index < -0.39 is 0 Å². The first-order chi connectivity index (χ1) is 7.49. The molecule has 0 fully saturated rings. The van der Waals surface area contributed by atoms with E-state index in [2.05, 4.69) is 42.5 Å². The van der Waals surface area contributed by atoms with Crippen LogP contribution in [0.1, 0.15) is 86.0 Å². The van der Waals surface area contributed by atoms with Crippen LogP contribution in [0.4, 0.5) is 0 Å². The van der Waals surface area contributed by atoms with Crippen molar-refractivity contribution in [2.75, 3.05) is 0 Å². The van der Waals surface area contributed by atoms with Crippen LogP contribution in [0.3, 0.4) is 0 Å². The molecule has 0 heterocycles. The summed E-state index contributed by atoms with van der Waals surface area (Å²) in [7, 11) is 2.50. The second-order valence-corrected chi connectivity index (χ2v) is 5.99. The Morgan fingerprint density at radius 3 is 1.75 bits per heavy atom. The van der Waals surface area contributed by atoms with Gasteiger partial charge in [0.25, 0.3) is 0 Å². The first-order valence-corrected chi connectivity index (χ1v) is 7.49. The summed E-state index contributed by atoms with van der Waals surface area (Å²) in [6.07, 6.45) is 11.0. The largest absolute Gasteiger partial charge is 0.110 e. The molecule has 0 aromatic carbocycles. The van der Waals surface area contributed by atoms with Gasteiger partial charge in [-0.2, -0.15) is 0 Å². The Labute approximate surface area is 105 Å². The topological polar surface area (TPSA) is 0 Å². The van der Waals surface area contributed by atoms with Gasteiger partial charge in [-0.1, -0.05) is 84.9 Å². The molecule has 0 aliphatic rings. The molecule has 1 unspecified atom stereocenters. The highest BCUT2D eigenvalue weighted by Crippen LogP contribution is 2.53. The van der Waals surface area contributed by atoms with Crippen LogP contribution in [-0.2, 0) is 0 Å². The van der Waals surface area contributed by atoms with Gasteiger partial charge in [-0.3, -0.25) is 0 Å². The van der Waals surface area contributed by atoms with Crippen LogP contribution in [0.15, 0.2) is 0 Å². The van der Waals surface area contributed by atoms with Crippen molar-refractivity contribution in [2.24, 2.45) is 5.41 Å². The zero-order chi connectivity index (χ0) is 12.7.